The average Bonchev–Trinajstić information content (AvgIpc) is 2.30. The molecular weight excluding hydrogens is 264 g/mol. The first kappa shape index (κ1) is 18.3. The fourth-order valence-corrected chi connectivity index (χ4v) is 2.64. The Morgan fingerprint density at radius 2 is 1.95 bits per heavy atom. The number of hydrogen-bond donors (Lipinski definition) is 2. The molecule has 1 aliphatic carbocycles. The van der Waals surface area contributed by atoms with Crippen LogP contribution in [0.1, 0.15) is 79.6 Å². The number of carbonyl (C=O) groups excluding carboxylic acids is 1. The van der Waals surface area contributed by atoms with Gasteiger partial charge in [0.15, 0.2) is 0 Å². The van der Waals surface area contributed by atoms with Crippen LogP contribution in [-0.2, 0) is 4.74 Å². The van der Waals surface area contributed by atoms with Gasteiger partial charge in [-0.25, -0.2) is 4.79 Å². The van der Waals surface area contributed by atoms with E-state index in [1.165, 1.54) is 32.1 Å². The summed E-state index contributed by atoms with van der Waals surface area (Å²) < 4.78 is 5.38. The molecule has 124 valence electrons. The Balaban J connectivity index is 2.34. The van der Waals surface area contributed by atoms with E-state index >= 15 is 0 Å². The SMILES string of the molecule is CCCCCC(C)NCC1(NC(=O)OC(C)(C)C)CCC1. The molecule has 21 heavy (non-hydrogen) atoms. The molecule has 0 spiro atoms. The molecule has 0 saturated heterocycles. The summed E-state index contributed by atoms with van der Waals surface area (Å²) in [5, 5.41) is 6.67. The number of nitrogens with one attached hydrogen (secondary N) is 2. The fraction of sp³-hybridized carbons (Fsp3) is 0.941. The summed E-state index contributed by atoms with van der Waals surface area (Å²) in [4.78, 5) is 12.0. The quantitative estimate of drug-likeness (QED) is 0.666. The third-order valence-corrected chi connectivity index (χ3v) is 4.11. The zero-order valence-electron chi connectivity index (χ0n) is 14.6. The molecule has 1 saturated carbocycles. The van der Waals surface area contributed by atoms with E-state index in [2.05, 4.69) is 24.5 Å². The summed E-state index contributed by atoms with van der Waals surface area (Å²) in [6, 6.07) is 0.509. The van der Waals surface area contributed by atoms with Crippen LogP contribution >= 0.6 is 0 Å². The van der Waals surface area contributed by atoms with Crippen molar-refractivity contribution in [3.05, 3.63) is 0 Å². The highest BCUT2D eigenvalue weighted by molar-refractivity contribution is 5.69. The molecular formula is C17H34N2O2. The second kappa shape index (κ2) is 8.02. The van der Waals surface area contributed by atoms with Crippen LogP contribution in [0.4, 0.5) is 4.79 Å². The number of hydrogen-bond acceptors (Lipinski definition) is 3. The lowest BCUT2D eigenvalue weighted by molar-refractivity contribution is 0.0379. The van der Waals surface area contributed by atoms with Crippen LogP contribution in [-0.4, -0.2) is 29.8 Å². The van der Waals surface area contributed by atoms with Crippen molar-refractivity contribution in [2.24, 2.45) is 0 Å². The minimum Gasteiger partial charge on any atom is -0.444 e. The lowest BCUT2D eigenvalue weighted by Gasteiger charge is -2.43. The number of alkyl carbamates (subject to hydrolysis) is 1. The van der Waals surface area contributed by atoms with Gasteiger partial charge in [-0.15, -0.1) is 0 Å². The van der Waals surface area contributed by atoms with Crippen LogP contribution in [0.25, 0.3) is 0 Å². The van der Waals surface area contributed by atoms with Crippen LogP contribution in [0.15, 0.2) is 0 Å². The van der Waals surface area contributed by atoms with Crippen molar-refractivity contribution in [3.63, 3.8) is 0 Å². The predicted molar refractivity (Wildman–Crippen MR) is 87.6 cm³/mol. The Morgan fingerprint density at radius 3 is 2.43 bits per heavy atom. The van der Waals surface area contributed by atoms with E-state index < -0.39 is 5.60 Å². The predicted octanol–water partition coefficient (Wildman–Crippen LogP) is 3.99. The van der Waals surface area contributed by atoms with Gasteiger partial charge < -0.3 is 15.4 Å². The van der Waals surface area contributed by atoms with Gasteiger partial charge in [0.25, 0.3) is 0 Å². The Hall–Kier alpha value is -0.770. The third-order valence-electron chi connectivity index (χ3n) is 4.11. The van der Waals surface area contributed by atoms with E-state index in [0.29, 0.717) is 6.04 Å². The van der Waals surface area contributed by atoms with Gasteiger partial charge in [0.05, 0.1) is 5.54 Å². The number of unbranched alkanes of at least 4 members (excludes halogenated alkanes) is 2. The van der Waals surface area contributed by atoms with Gasteiger partial charge in [-0.1, -0.05) is 26.2 Å². The van der Waals surface area contributed by atoms with E-state index in [9.17, 15) is 4.79 Å². The molecule has 1 aliphatic rings. The molecule has 0 heterocycles. The highest BCUT2D eigenvalue weighted by atomic mass is 16.6. The summed E-state index contributed by atoms with van der Waals surface area (Å²) in [6.07, 6.45) is 8.02. The molecule has 1 atom stereocenters. The molecule has 0 aliphatic heterocycles. The molecule has 0 radical (unpaired) electrons. The van der Waals surface area contributed by atoms with Crippen molar-refractivity contribution in [2.75, 3.05) is 6.54 Å². The lowest BCUT2D eigenvalue weighted by Crippen LogP contribution is -2.60. The highest BCUT2D eigenvalue weighted by Crippen LogP contribution is 2.31. The molecule has 0 aromatic carbocycles. The molecule has 0 aromatic rings. The normalized spacial score (nSPS) is 18.7. The molecule has 0 aromatic heterocycles. The second-order valence-electron chi connectivity index (χ2n) is 7.54. The summed E-state index contributed by atoms with van der Waals surface area (Å²) in [6.45, 7) is 11.0. The first-order valence-electron chi connectivity index (χ1n) is 8.51. The van der Waals surface area contributed by atoms with E-state index in [-0.39, 0.29) is 11.6 Å². The van der Waals surface area contributed by atoms with E-state index in [1.54, 1.807) is 0 Å². The van der Waals surface area contributed by atoms with Gasteiger partial charge >= 0.3 is 6.09 Å². The highest BCUT2D eigenvalue weighted by Gasteiger charge is 2.39. The van der Waals surface area contributed by atoms with Gasteiger partial charge in [0.1, 0.15) is 5.60 Å². The zero-order valence-corrected chi connectivity index (χ0v) is 14.6. The molecule has 4 heteroatoms. The maximum absolute atomic E-state index is 12.0. The zero-order chi connectivity index (χ0) is 15.9. The van der Waals surface area contributed by atoms with Crippen LogP contribution in [0.3, 0.4) is 0 Å². The topological polar surface area (TPSA) is 50.4 Å². The van der Waals surface area contributed by atoms with Gasteiger partial charge in [0.2, 0.25) is 0 Å². The number of ether oxygens (including phenoxy) is 1. The molecule has 1 amide bonds. The van der Waals surface area contributed by atoms with E-state index in [1.807, 2.05) is 20.8 Å². The standard InChI is InChI=1S/C17H34N2O2/c1-6-7-8-10-14(2)18-13-17(11-9-12-17)19-15(20)21-16(3,4)5/h14,18H,6-13H2,1-5H3,(H,19,20). The summed E-state index contributed by atoms with van der Waals surface area (Å²) in [7, 11) is 0. The second-order valence-corrected chi connectivity index (χ2v) is 7.54. The first-order chi connectivity index (χ1) is 9.76. The average molecular weight is 298 g/mol. The van der Waals surface area contributed by atoms with Crippen LogP contribution < -0.4 is 10.6 Å². The van der Waals surface area contributed by atoms with Crippen molar-refractivity contribution in [1.82, 2.24) is 10.6 Å². The van der Waals surface area contributed by atoms with Crippen LogP contribution in [0, 0.1) is 0 Å². The van der Waals surface area contributed by atoms with Crippen molar-refractivity contribution in [3.8, 4) is 0 Å². The first-order valence-corrected chi connectivity index (χ1v) is 8.51. The van der Waals surface area contributed by atoms with Crippen LogP contribution in [0.5, 0.6) is 0 Å². The maximum Gasteiger partial charge on any atom is 0.408 e. The summed E-state index contributed by atoms with van der Waals surface area (Å²) in [5.41, 5.74) is -0.531. The Bertz CT molecular complexity index is 319. The summed E-state index contributed by atoms with van der Waals surface area (Å²) >= 11 is 0. The molecule has 4 nitrogen and oxygen atoms in total. The molecule has 1 fully saturated rings. The Labute approximate surface area is 130 Å². The van der Waals surface area contributed by atoms with Crippen molar-refractivity contribution >= 4 is 6.09 Å². The minimum absolute atomic E-state index is 0.0959. The van der Waals surface area contributed by atoms with Crippen LogP contribution in [0.2, 0.25) is 0 Å². The smallest absolute Gasteiger partial charge is 0.408 e. The van der Waals surface area contributed by atoms with Gasteiger partial charge in [-0.3, -0.25) is 0 Å². The Kier molecular flexibility index (Phi) is 6.98. The third kappa shape index (κ3) is 7.16. The fourth-order valence-electron chi connectivity index (χ4n) is 2.64. The minimum atomic E-state index is -0.435. The molecule has 2 N–H and O–H groups in total. The monoisotopic (exact) mass is 298 g/mol. The lowest BCUT2D eigenvalue weighted by atomic mass is 9.76. The van der Waals surface area contributed by atoms with Gasteiger partial charge in [-0.2, -0.15) is 0 Å². The largest absolute Gasteiger partial charge is 0.444 e. The maximum atomic E-state index is 12.0. The van der Waals surface area contributed by atoms with Gasteiger partial charge in [-0.05, 0) is 53.4 Å². The van der Waals surface area contributed by atoms with Crippen molar-refractivity contribution < 1.29 is 9.53 Å². The molecule has 0 bridgehead atoms. The number of carbonyl (C=O) groups is 1. The van der Waals surface area contributed by atoms with Crippen molar-refractivity contribution in [2.45, 2.75) is 96.7 Å². The summed E-state index contributed by atoms with van der Waals surface area (Å²) in [5.74, 6) is 0. The number of rotatable bonds is 8. The van der Waals surface area contributed by atoms with E-state index in [4.69, 9.17) is 4.74 Å². The Morgan fingerprint density at radius 1 is 1.29 bits per heavy atom. The van der Waals surface area contributed by atoms with E-state index in [0.717, 1.165) is 19.4 Å². The van der Waals surface area contributed by atoms with Gasteiger partial charge in [0, 0.05) is 12.6 Å². The van der Waals surface area contributed by atoms with Crippen molar-refractivity contribution in [1.29, 1.82) is 0 Å². The molecule has 1 rings (SSSR count). The number of amides is 1. The molecule has 1 unspecified atom stereocenters.